The Balaban J connectivity index is 1.69. The number of hydrogen-bond acceptors (Lipinski definition) is 2. The molecule has 1 N–H and O–H groups in total. The highest BCUT2D eigenvalue weighted by Gasteiger charge is 2.34. The van der Waals surface area contributed by atoms with E-state index in [0.717, 1.165) is 23.4 Å². The largest absolute Gasteiger partial charge is 0.378 e. The molecule has 1 heterocycles. The molecular formula is C23H21FN2O. The summed E-state index contributed by atoms with van der Waals surface area (Å²) < 4.78 is 13.6. The molecule has 0 radical (unpaired) electrons. The number of anilines is 2. The van der Waals surface area contributed by atoms with Crippen LogP contribution >= 0.6 is 0 Å². The Bertz CT molecular complexity index is 957. The van der Waals surface area contributed by atoms with Crippen molar-refractivity contribution in [3.63, 3.8) is 0 Å². The molecule has 0 saturated carbocycles. The van der Waals surface area contributed by atoms with Gasteiger partial charge in [-0.25, -0.2) is 4.39 Å². The molecule has 0 spiro atoms. The molecule has 3 aromatic rings. The summed E-state index contributed by atoms with van der Waals surface area (Å²) in [5.41, 5.74) is 3.36. The van der Waals surface area contributed by atoms with E-state index in [1.807, 2.05) is 65.6 Å². The van der Waals surface area contributed by atoms with Gasteiger partial charge in [-0.05, 0) is 55.3 Å². The summed E-state index contributed by atoms with van der Waals surface area (Å²) >= 11 is 0. The molecule has 2 atom stereocenters. The topological polar surface area (TPSA) is 32.3 Å². The third kappa shape index (κ3) is 3.43. The lowest BCUT2D eigenvalue weighted by Gasteiger charge is -2.40. The maximum Gasteiger partial charge on any atom is 0.258 e. The molecular weight excluding hydrogens is 339 g/mol. The third-order valence-corrected chi connectivity index (χ3v) is 4.99. The van der Waals surface area contributed by atoms with Crippen molar-refractivity contribution in [2.45, 2.75) is 25.4 Å². The zero-order chi connectivity index (χ0) is 18.8. The Kier molecular flexibility index (Phi) is 4.63. The van der Waals surface area contributed by atoms with Crippen molar-refractivity contribution in [2.24, 2.45) is 0 Å². The van der Waals surface area contributed by atoms with Crippen LogP contribution in [0.3, 0.4) is 0 Å². The van der Waals surface area contributed by atoms with Crippen molar-refractivity contribution in [3.05, 3.63) is 95.8 Å². The van der Waals surface area contributed by atoms with Crippen LogP contribution in [0.2, 0.25) is 0 Å². The predicted molar refractivity (Wildman–Crippen MR) is 107 cm³/mol. The number of amides is 1. The number of fused-ring (bicyclic) bond motifs is 1. The van der Waals surface area contributed by atoms with Crippen molar-refractivity contribution >= 4 is 17.3 Å². The minimum absolute atomic E-state index is 0.000226. The first kappa shape index (κ1) is 17.3. The van der Waals surface area contributed by atoms with Gasteiger partial charge in [0.25, 0.3) is 5.91 Å². The number of halogens is 1. The summed E-state index contributed by atoms with van der Waals surface area (Å²) in [5.74, 6) is -0.266. The fourth-order valence-corrected chi connectivity index (χ4v) is 3.76. The maximum atomic E-state index is 13.6. The lowest BCUT2D eigenvalue weighted by molar-refractivity contribution is 0.0974. The van der Waals surface area contributed by atoms with Crippen LogP contribution in [0, 0.1) is 5.82 Å². The number of hydrogen-bond donors (Lipinski definition) is 1. The smallest absolute Gasteiger partial charge is 0.258 e. The normalized spacial score (nSPS) is 18.7. The van der Waals surface area contributed by atoms with Crippen LogP contribution in [0.5, 0.6) is 0 Å². The second kappa shape index (κ2) is 7.23. The summed E-state index contributed by atoms with van der Waals surface area (Å²) in [6, 6.07) is 23.8. The zero-order valence-corrected chi connectivity index (χ0v) is 15.1. The summed E-state index contributed by atoms with van der Waals surface area (Å²) in [5, 5.41) is 3.43. The number of benzene rings is 3. The zero-order valence-electron chi connectivity index (χ0n) is 15.1. The van der Waals surface area contributed by atoms with Crippen molar-refractivity contribution in [1.82, 2.24) is 0 Å². The van der Waals surface area contributed by atoms with Crippen molar-refractivity contribution in [1.29, 1.82) is 0 Å². The third-order valence-electron chi connectivity index (χ3n) is 4.99. The first-order valence-corrected chi connectivity index (χ1v) is 9.13. The SMILES string of the molecule is C[C@H]1C[C@@H](Nc2cccc(F)c2)c2ccccc2N1C(=O)c1ccccc1. The fraction of sp³-hybridized carbons (Fsp3) is 0.174. The lowest BCUT2D eigenvalue weighted by Crippen LogP contribution is -2.44. The highest BCUT2D eigenvalue weighted by molar-refractivity contribution is 6.07. The second-order valence-electron chi connectivity index (χ2n) is 6.89. The Labute approximate surface area is 158 Å². The first-order chi connectivity index (χ1) is 13.1. The van der Waals surface area contributed by atoms with Gasteiger partial charge in [-0.2, -0.15) is 0 Å². The lowest BCUT2D eigenvalue weighted by atomic mass is 9.90. The Morgan fingerprint density at radius 3 is 2.52 bits per heavy atom. The molecule has 0 fully saturated rings. The molecule has 4 rings (SSSR count). The van der Waals surface area contributed by atoms with Gasteiger partial charge in [0.2, 0.25) is 0 Å². The van der Waals surface area contributed by atoms with Gasteiger partial charge < -0.3 is 10.2 Å². The molecule has 1 aliphatic rings. The Morgan fingerprint density at radius 2 is 1.74 bits per heavy atom. The average Bonchev–Trinajstić information content (AvgIpc) is 2.68. The van der Waals surface area contributed by atoms with Gasteiger partial charge in [-0.1, -0.05) is 42.5 Å². The molecule has 3 nitrogen and oxygen atoms in total. The van der Waals surface area contributed by atoms with E-state index in [4.69, 9.17) is 0 Å². The number of nitrogens with one attached hydrogen (secondary N) is 1. The van der Waals surface area contributed by atoms with E-state index >= 15 is 0 Å². The van der Waals surface area contributed by atoms with E-state index in [1.165, 1.54) is 12.1 Å². The summed E-state index contributed by atoms with van der Waals surface area (Å²) in [7, 11) is 0. The van der Waals surface area contributed by atoms with Crippen LogP contribution in [0.1, 0.15) is 35.3 Å². The van der Waals surface area contributed by atoms with Crippen LogP contribution in [-0.2, 0) is 0 Å². The Hall–Kier alpha value is -3.14. The predicted octanol–water partition coefficient (Wildman–Crippen LogP) is 5.42. The molecule has 0 aliphatic carbocycles. The van der Waals surface area contributed by atoms with Crippen LogP contribution in [0.4, 0.5) is 15.8 Å². The average molecular weight is 360 g/mol. The van der Waals surface area contributed by atoms with E-state index in [2.05, 4.69) is 12.2 Å². The van der Waals surface area contributed by atoms with Crippen molar-refractivity contribution < 1.29 is 9.18 Å². The van der Waals surface area contributed by atoms with E-state index < -0.39 is 0 Å². The highest BCUT2D eigenvalue weighted by atomic mass is 19.1. The molecule has 1 amide bonds. The van der Waals surface area contributed by atoms with E-state index in [0.29, 0.717) is 5.56 Å². The molecule has 136 valence electrons. The Morgan fingerprint density at radius 1 is 1.00 bits per heavy atom. The fourth-order valence-electron chi connectivity index (χ4n) is 3.76. The molecule has 4 heteroatoms. The molecule has 0 saturated heterocycles. The molecule has 1 aliphatic heterocycles. The van der Waals surface area contributed by atoms with Crippen LogP contribution in [0.15, 0.2) is 78.9 Å². The minimum atomic E-state index is -0.266. The molecule has 0 bridgehead atoms. The first-order valence-electron chi connectivity index (χ1n) is 9.13. The van der Waals surface area contributed by atoms with Gasteiger partial charge in [0.05, 0.1) is 6.04 Å². The summed E-state index contributed by atoms with van der Waals surface area (Å²) in [6.07, 6.45) is 0.742. The maximum absolute atomic E-state index is 13.6. The number of carbonyl (C=O) groups excluding carboxylic acids is 1. The van der Waals surface area contributed by atoms with Crippen molar-refractivity contribution in [2.75, 3.05) is 10.2 Å². The summed E-state index contributed by atoms with van der Waals surface area (Å²) in [6.45, 7) is 2.05. The van der Waals surface area contributed by atoms with Crippen LogP contribution < -0.4 is 10.2 Å². The van der Waals surface area contributed by atoms with E-state index in [9.17, 15) is 9.18 Å². The number of nitrogens with zero attached hydrogens (tertiary/aromatic N) is 1. The summed E-state index contributed by atoms with van der Waals surface area (Å²) in [4.78, 5) is 15.0. The van der Waals surface area contributed by atoms with Gasteiger partial charge in [0.1, 0.15) is 5.82 Å². The number of para-hydroxylation sites is 1. The van der Waals surface area contributed by atoms with Gasteiger partial charge in [-0.3, -0.25) is 4.79 Å². The highest BCUT2D eigenvalue weighted by Crippen LogP contribution is 2.39. The van der Waals surface area contributed by atoms with Gasteiger partial charge in [0.15, 0.2) is 0 Å². The van der Waals surface area contributed by atoms with E-state index in [-0.39, 0.29) is 23.8 Å². The van der Waals surface area contributed by atoms with Gasteiger partial charge in [-0.15, -0.1) is 0 Å². The number of rotatable bonds is 3. The van der Waals surface area contributed by atoms with Crippen molar-refractivity contribution in [3.8, 4) is 0 Å². The molecule has 0 unspecified atom stereocenters. The van der Waals surface area contributed by atoms with Gasteiger partial charge in [0, 0.05) is 23.0 Å². The molecule has 3 aromatic carbocycles. The van der Waals surface area contributed by atoms with E-state index in [1.54, 1.807) is 6.07 Å². The van der Waals surface area contributed by atoms with Gasteiger partial charge >= 0.3 is 0 Å². The molecule has 27 heavy (non-hydrogen) atoms. The van der Waals surface area contributed by atoms with Crippen LogP contribution in [0.25, 0.3) is 0 Å². The monoisotopic (exact) mass is 360 g/mol. The minimum Gasteiger partial charge on any atom is -0.378 e. The second-order valence-corrected chi connectivity index (χ2v) is 6.89. The quantitative estimate of drug-likeness (QED) is 0.676. The standard InChI is InChI=1S/C23H21FN2O/c1-16-14-21(25-19-11-7-10-18(24)15-19)20-12-5-6-13-22(20)26(16)23(27)17-8-3-2-4-9-17/h2-13,15-16,21,25H,14H2,1H3/t16-,21+/m0/s1. The van der Waals surface area contributed by atoms with Crippen LogP contribution in [-0.4, -0.2) is 11.9 Å². The number of carbonyl (C=O) groups is 1. The molecule has 0 aromatic heterocycles.